The summed E-state index contributed by atoms with van der Waals surface area (Å²) < 4.78 is 18.4. The largest absolute Gasteiger partial charge is 0.467 e. The van der Waals surface area contributed by atoms with Gasteiger partial charge in [0.2, 0.25) is 11.9 Å². The summed E-state index contributed by atoms with van der Waals surface area (Å²) in [6, 6.07) is 4.10. The second kappa shape index (κ2) is 5.63. The zero-order chi connectivity index (χ0) is 13.8. The van der Waals surface area contributed by atoms with Gasteiger partial charge in [0.15, 0.2) is 0 Å². The van der Waals surface area contributed by atoms with Crippen LogP contribution in [-0.4, -0.2) is 22.1 Å². The summed E-state index contributed by atoms with van der Waals surface area (Å²) in [6.07, 6.45) is 0. The summed E-state index contributed by atoms with van der Waals surface area (Å²) in [4.78, 5) is 11.6. The Morgan fingerprint density at radius 2 is 2.00 bits per heavy atom. The molecule has 1 heterocycles. The van der Waals surface area contributed by atoms with E-state index in [0.717, 1.165) is 0 Å². The summed E-state index contributed by atoms with van der Waals surface area (Å²) >= 11 is 5.78. The molecule has 0 radical (unpaired) electrons. The lowest BCUT2D eigenvalue weighted by molar-refractivity contribution is 0.379. The average molecular weight is 285 g/mol. The number of hydrogen-bond acceptors (Lipinski definition) is 7. The van der Waals surface area contributed by atoms with E-state index in [9.17, 15) is 4.39 Å². The zero-order valence-corrected chi connectivity index (χ0v) is 10.6. The number of anilines is 3. The maximum atomic E-state index is 13.6. The summed E-state index contributed by atoms with van der Waals surface area (Å²) in [7, 11) is 1.39. The molecule has 19 heavy (non-hydrogen) atoms. The highest BCUT2D eigenvalue weighted by atomic mass is 35.5. The molecular formula is C10H10ClFN6O. The highest BCUT2D eigenvalue weighted by Gasteiger charge is 2.09. The summed E-state index contributed by atoms with van der Waals surface area (Å²) in [5, 5.41) is 3.04. The number of rotatable bonds is 4. The van der Waals surface area contributed by atoms with Crippen molar-refractivity contribution in [2.24, 2.45) is 5.84 Å². The minimum atomic E-state index is -0.494. The third kappa shape index (κ3) is 3.18. The van der Waals surface area contributed by atoms with Crippen LogP contribution >= 0.6 is 11.6 Å². The lowest BCUT2D eigenvalue weighted by atomic mass is 10.3. The van der Waals surface area contributed by atoms with Crippen molar-refractivity contribution in [1.82, 2.24) is 15.0 Å². The minimum absolute atomic E-state index is 0.0351. The number of hydrogen-bond donors (Lipinski definition) is 3. The molecule has 0 fully saturated rings. The Labute approximate surface area is 113 Å². The fourth-order valence-electron chi connectivity index (χ4n) is 1.28. The van der Waals surface area contributed by atoms with Crippen molar-refractivity contribution < 1.29 is 9.13 Å². The van der Waals surface area contributed by atoms with E-state index in [1.165, 1.54) is 25.3 Å². The minimum Gasteiger partial charge on any atom is -0.467 e. The first-order chi connectivity index (χ1) is 9.12. The van der Waals surface area contributed by atoms with Crippen LogP contribution in [0.25, 0.3) is 0 Å². The molecule has 100 valence electrons. The number of ether oxygens (including phenoxy) is 1. The standard InChI is InChI=1S/C10H10ClFN6O/c1-19-10-16-8(15-9(17-10)18-13)14-7-4-5(11)2-3-6(7)12/h2-4H,13H2,1H3,(H2,14,15,16,17,18). The van der Waals surface area contributed by atoms with Crippen LogP contribution in [0.15, 0.2) is 18.2 Å². The Kier molecular flexibility index (Phi) is 3.93. The number of nitrogens with two attached hydrogens (primary N) is 1. The molecule has 2 rings (SSSR count). The highest BCUT2D eigenvalue weighted by Crippen LogP contribution is 2.22. The van der Waals surface area contributed by atoms with Gasteiger partial charge in [0, 0.05) is 5.02 Å². The number of benzene rings is 1. The van der Waals surface area contributed by atoms with Crippen molar-refractivity contribution in [2.75, 3.05) is 17.9 Å². The second-order valence-electron chi connectivity index (χ2n) is 3.36. The predicted octanol–water partition coefficient (Wildman–Crippen LogP) is 1.70. The van der Waals surface area contributed by atoms with Crippen LogP contribution in [0.3, 0.4) is 0 Å². The van der Waals surface area contributed by atoms with Gasteiger partial charge in [-0.1, -0.05) is 11.6 Å². The van der Waals surface area contributed by atoms with Crippen LogP contribution < -0.4 is 21.3 Å². The van der Waals surface area contributed by atoms with Crippen LogP contribution in [0.4, 0.5) is 22.0 Å². The van der Waals surface area contributed by atoms with Gasteiger partial charge in [-0.3, -0.25) is 5.43 Å². The predicted molar refractivity (Wildman–Crippen MR) is 68.9 cm³/mol. The van der Waals surface area contributed by atoms with E-state index in [4.69, 9.17) is 22.2 Å². The number of halogens is 2. The van der Waals surface area contributed by atoms with Crippen LogP contribution in [0.2, 0.25) is 5.02 Å². The molecule has 0 aliphatic carbocycles. The lowest BCUT2D eigenvalue weighted by Gasteiger charge is -2.08. The Bertz CT molecular complexity index is 574. The number of nitrogen functional groups attached to an aromatic ring is 1. The van der Waals surface area contributed by atoms with E-state index in [-0.39, 0.29) is 23.6 Å². The van der Waals surface area contributed by atoms with E-state index < -0.39 is 5.82 Å². The molecule has 1 aromatic heterocycles. The maximum absolute atomic E-state index is 13.6. The molecule has 2 aromatic rings. The molecule has 0 unspecified atom stereocenters. The number of nitrogens with zero attached hydrogens (tertiary/aromatic N) is 3. The van der Waals surface area contributed by atoms with Gasteiger partial charge in [0.1, 0.15) is 5.82 Å². The van der Waals surface area contributed by atoms with E-state index in [0.29, 0.717) is 5.02 Å². The molecule has 0 spiro atoms. The topological polar surface area (TPSA) is 98.0 Å². The van der Waals surface area contributed by atoms with Crippen LogP contribution in [0.5, 0.6) is 6.01 Å². The number of methoxy groups -OCH3 is 1. The van der Waals surface area contributed by atoms with Gasteiger partial charge in [-0.15, -0.1) is 0 Å². The molecule has 0 aliphatic rings. The van der Waals surface area contributed by atoms with E-state index in [1.54, 1.807) is 0 Å². The Hall–Kier alpha value is -2.19. The normalized spacial score (nSPS) is 10.1. The fourth-order valence-corrected chi connectivity index (χ4v) is 1.45. The van der Waals surface area contributed by atoms with Gasteiger partial charge in [0.05, 0.1) is 12.8 Å². The number of aromatic nitrogens is 3. The summed E-state index contributed by atoms with van der Waals surface area (Å²) in [6.45, 7) is 0. The van der Waals surface area contributed by atoms with Gasteiger partial charge < -0.3 is 10.1 Å². The molecule has 0 bridgehead atoms. The first kappa shape index (κ1) is 13.2. The smallest absolute Gasteiger partial charge is 0.322 e. The zero-order valence-electron chi connectivity index (χ0n) is 9.82. The van der Waals surface area contributed by atoms with Crippen molar-refractivity contribution in [2.45, 2.75) is 0 Å². The molecule has 0 aliphatic heterocycles. The third-order valence-electron chi connectivity index (χ3n) is 2.10. The monoisotopic (exact) mass is 284 g/mol. The Morgan fingerprint density at radius 3 is 2.68 bits per heavy atom. The summed E-state index contributed by atoms with van der Waals surface area (Å²) in [5.74, 6) is 4.86. The molecule has 4 N–H and O–H groups in total. The fraction of sp³-hybridized carbons (Fsp3) is 0.100. The first-order valence-corrected chi connectivity index (χ1v) is 5.49. The van der Waals surface area contributed by atoms with Crippen molar-refractivity contribution >= 4 is 29.2 Å². The van der Waals surface area contributed by atoms with E-state index in [2.05, 4.69) is 25.7 Å². The average Bonchev–Trinajstić information content (AvgIpc) is 2.42. The second-order valence-corrected chi connectivity index (χ2v) is 3.80. The maximum Gasteiger partial charge on any atom is 0.322 e. The number of nitrogens with one attached hydrogen (secondary N) is 2. The number of hydrazine groups is 1. The lowest BCUT2D eigenvalue weighted by Crippen LogP contribution is -2.13. The molecule has 0 amide bonds. The molecule has 9 heteroatoms. The van der Waals surface area contributed by atoms with Crippen LogP contribution in [0, 0.1) is 5.82 Å². The van der Waals surface area contributed by atoms with Crippen molar-refractivity contribution in [3.63, 3.8) is 0 Å². The van der Waals surface area contributed by atoms with Gasteiger partial charge in [0.25, 0.3) is 0 Å². The Morgan fingerprint density at radius 1 is 1.26 bits per heavy atom. The SMILES string of the molecule is COc1nc(NN)nc(Nc2cc(Cl)ccc2F)n1. The van der Waals surface area contributed by atoms with Gasteiger partial charge >= 0.3 is 6.01 Å². The Balaban J connectivity index is 2.34. The molecule has 7 nitrogen and oxygen atoms in total. The van der Waals surface area contributed by atoms with Crippen molar-refractivity contribution in [3.05, 3.63) is 29.0 Å². The molecule has 0 saturated carbocycles. The van der Waals surface area contributed by atoms with E-state index in [1.807, 2.05) is 0 Å². The van der Waals surface area contributed by atoms with Gasteiger partial charge in [-0.25, -0.2) is 10.2 Å². The molecule has 1 aromatic carbocycles. The van der Waals surface area contributed by atoms with Crippen LogP contribution in [0.1, 0.15) is 0 Å². The van der Waals surface area contributed by atoms with Crippen LogP contribution in [-0.2, 0) is 0 Å². The first-order valence-electron chi connectivity index (χ1n) is 5.11. The molecule has 0 saturated heterocycles. The third-order valence-corrected chi connectivity index (χ3v) is 2.34. The van der Waals surface area contributed by atoms with E-state index >= 15 is 0 Å². The van der Waals surface area contributed by atoms with Gasteiger partial charge in [-0.2, -0.15) is 15.0 Å². The molecule has 0 atom stereocenters. The van der Waals surface area contributed by atoms with Gasteiger partial charge in [-0.05, 0) is 18.2 Å². The highest BCUT2D eigenvalue weighted by molar-refractivity contribution is 6.30. The molecular weight excluding hydrogens is 275 g/mol. The van der Waals surface area contributed by atoms with Crippen molar-refractivity contribution in [3.8, 4) is 6.01 Å². The summed E-state index contributed by atoms with van der Waals surface area (Å²) in [5.41, 5.74) is 2.38. The quantitative estimate of drug-likeness (QED) is 0.580. The van der Waals surface area contributed by atoms with Crippen molar-refractivity contribution in [1.29, 1.82) is 0 Å².